The largest absolute Gasteiger partial charge is 0.410 e. The van der Waals surface area contributed by atoms with Gasteiger partial charge < -0.3 is 0 Å². The summed E-state index contributed by atoms with van der Waals surface area (Å²) < 4.78 is 64.1. The van der Waals surface area contributed by atoms with Crippen LogP contribution in [0.2, 0.25) is 19.6 Å². The van der Waals surface area contributed by atoms with E-state index in [1.165, 1.54) is 0 Å². The monoisotopic (exact) mass is 396 g/mol. The lowest BCUT2D eigenvalue weighted by atomic mass is 10.3. The molecule has 0 N–H and O–H groups in total. The third-order valence-electron chi connectivity index (χ3n) is 1.66. The van der Waals surface area contributed by atoms with Gasteiger partial charge in [0.15, 0.2) is 0 Å². The Bertz CT molecular complexity index is 509. The molecule has 0 aliphatic rings. The van der Waals surface area contributed by atoms with Gasteiger partial charge in [0.1, 0.15) is 0 Å². The summed E-state index contributed by atoms with van der Waals surface area (Å²) in [6.45, 7) is 8.52. The van der Waals surface area contributed by atoms with Crippen molar-refractivity contribution in [2.45, 2.75) is 51.6 Å². The Labute approximate surface area is 138 Å². The molecule has 0 saturated heterocycles. The summed E-state index contributed by atoms with van der Waals surface area (Å²) in [4.78, 5) is 0. The molecule has 0 aromatic carbocycles. The second-order valence-corrected chi connectivity index (χ2v) is 14.3. The summed E-state index contributed by atoms with van der Waals surface area (Å²) in [6.07, 6.45) is 0.610. The van der Waals surface area contributed by atoms with E-state index in [0.29, 0.717) is 12.8 Å². The molecule has 8 nitrogen and oxygen atoms in total. The summed E-state index contributed by atoms with van der Waals surface area (Å²) in [5.41, 5.74) is 0. The first kappa shape index (κ1) is 22.3. The Morgan fingerprint density at radius 3 is 1.77 bits per heavy atom. The molecule has 0 aliphatic carbocycles. The molecule has 0 unspecified atom stereocenters. The van der Waals surface area contributed by atoms with Crippen LogP contribution < -0.4 is 0 Å². The smallest absolute Gasteiger partial charge is 0.294 e. The minimum Gasteiger partial charge on any atom is -0.294 e. The molecular formula is C10H24O8S3Si. The van der Waals surface area contributed by atoms with E-state index in [0.717, 1.165) is 12.0 Å². The zero-order valence-corrected chi connectivity index (χ0v) is 16.8. The maximum Gasteiger partial charge on any atom is 0.410 e. The van der Waals surface area contributed by atoms with E-state index in [1.807, 2.05) is 0 Å². The standard InChI is InChI=1S/C10H24O8S3Si/c1-10(2)19-17-20(11,12)15-8-6-7-9-16-21(13,14)18-22(3,4)5/h10H,6-9H2,1-5H3. The molecule has 0 atom stereocenters. The molecule has 0 rings (SSSR count). The maximum absolute atomic E-state index is 11.4. The van der Waals surface area contributed by atoms with Gasteiger partial charge in [-0.3, -0.25) is 3.87 Å². The fourth-order valence-corrected chi connectivity index (χ4v) is 5.46. The van der Waals surface area contributed by atoms with Gasteiger partial charge in [-0.05, 0) is 32.5 Å². The molecule has 0 aromatic heterocycles. The van der Waals surface area contributed by atoms with Gasteiger partial charge in [-0.15, -0.1) is 0 Å². The SMILES string of the molecule is CC(C)SOS(=O)(=O)OCCCCOS(=O)(=O)O[Si](C)(C)C. The Kier molecular flexibility index (Phi) is 9.70. The van der Waals surface area contributed by atoms with E-state index in [2.05, 4.69) is 12.0 Å². The van der Waals surface area contributed by atoms with Crippen molar-refractivity contribution in [1.29, 1.82) is 0 Å². The summed E-state index contributed by atoms with van der Waals surface area (Å²) >= 11 is 0.785. The predicted molar refractivity (Wildman–Crippen MR) is 87.2 cm³/mol. The Balaban J connectivity index is 3.87. The second kappa shape index (κ2) is 9.57. The molecule has 0 fully saturated rings. The van der Waals surface area contributed by atoms with Gasteiger partial charge in [-0.2, -0.15) is 20.5 Å². The molecule has 0 spiro atoms. The van der Waals surface area contributed by atoms with Crippen LogP contribution in [0.15, 0.2) is 0 Å². The van der Waals surface area contributed by atoms with Crippen molar-refractivity contribution in [3.63, 3.8) is 0 Å². The van der Waals surface area contributed by atoms with Crippen molar-refractivity contribution < 1.29 is 32.7 Å². The number of rotatable bonds is 12. The lowest BCUT2D eigenvalue weighted by Gasteiger charge is -2.15. The molecule has 0 amide bonds. The number of unbranched alkanes of at least 4 members (excludes halogenated alkanes) is 1. The summed E-state index contributed by atoms with van der Waals surface area (Å²) in [5.74, 6) is 0. The molecule has 0 aliphatic heterocycles. The van der Waals surface area contributed by atoms with Crippen LogP contribution in [0.25, 0.3) is 0 Å². The van der Waals surface area contributed by atoms with Gasteiger partial charge in [0, 0.05) is 17.3 Å². The summed E-state index contributed by atoms with van der Waals surface area (Å²) in [7, 11) is -10.3. The van der Waals surface area contributed by atoms with Crippen LogP contribution in [0, 0.1) is 0 Å². The first-order chi connectivity index (χ1) is 9.83. The van der Waals surface area contributed by atoms with E-state index in [9.17, 15) is 16.8 Å². The Morgan fingerprint density at radius 2 is 1.36 bits per heavy atom. The predicted octanol–water partition coefficient (Wildman–Crippen LogP) is 2.21. The molecule has 0 bridgehead atoms. The van der Waals surface area contributed by atoms with E-state index in [-0.39, 0.29) is 18.5 Å². The van der Waals surface area contributed by atoms with Crippen LogP contribution in [0.4, 0.5) is 0 Å². The van der Waals surface area contributed by atoms with E-state index in [4.69, 9.17) is 3.87 Å². The Morgan fingerprint density at radius 1 is 0.909 bits per heavy atom. The van der Waals surface area contributed by atoms with E-state index in [1.54, 1.807) is 33.5 Å². The second-order valence-electron chi connectivity index (χ2n) is 5.58. The van der Waals surface area contributed by atoms with Gasteiger partial charge in [0.05, 0.1) is 13.2 Å². The van der Waals surface area contributed by atoms with E-state index >= 15 is 0 Å². The number of hydrogen-bond acceptors (Lipinski definition) is 9. The highest BCUT2D eigenvalue weighted by Gasteiger charge is 2.24. The molecule has 0 radical (unpaired) electrons. The van der Waals surface area contributed by atoms with Crippen LogP contribution in [-0.4, -0.2) is 43.6 Å². The minimum atomic E-state index is -4.03. The molecule has 0 aromatic rings. The first-order valence-corrected chi connectivity index (χ1v) is 13.6. The lowest BCUT2D eigenvalue weighted by Crippen LogP contribution is -2.30. The highest BCUT2D eigenvalue weighted by atomic mass is 32.3. The van der Waals surface area contributed by atoms with Crippen molar-refractivity contribution in [2.75, 3.05) is 13.2 Å². The first-order valence-electron chi connectivity index (χ1n) is 6.67. The summed E-state index contributed by atoms with van der Waals surface area (Å²) in [6, 6.07) is 0. The van der Waals surface area contributed by atoms with Gasteiger partial charge in [0.2, 0.25) is 8.32 Å². The normalized spacial score (nSPS) is 13.7. The zero-order chi connectivity index (χ0) is 17.4. The van der Waals surface area contributed by atoms with E-state index < -0.39 is 29.1 Å². The lowest BCUT2D eigenvalue weighted by molar-refractivity contribution is 0.238. The molecule has 0 saturated carbocycles. The van der Waals surface area contributed by atoms with Gasteiger partial charge in [-0.25, -0.2) is 8.37 Å². The summed E-state index contributed by atoms with van der Waals surface area (Å²) in [5, 5.41) is -0.0108. The topological polar surface area (TPSA) is 105 Å². The number of hydrogen-bond donors (Lipinski definition) is 0. The third-order valence-corrected chi connectivity index (χ3v) is 6.75. The fraction of sp³-hybridized carbons (Fsp3) is 1.00. The van der Waals surface area contributed by atoms with Crippen molar-refractivity contribution in [1.82, 2.24) is 0 Å². The van der Waals surface area contributed by atoms with Gasteiger partial charge in [-0.1, -0.05) is 13.8 Å². The maximum atomic E-state index is 11.4. The average Bonchev–Trinajstić information content (AvgIpc) is 2.28. The average molecular weight is 397 g/mol. The van der Waals surface area contributed by atoms with Crippen LogP contribution >= 0.6 is 12.0 Å². The van der Waals surface area contributed by atoms with Crippen LogP contribution in [0.3, 0.4) is 0 Å². The molecule has 134 valence electrons. The van der Waals surface area contributed by atoms with Crippen molar-refractivity contribution in [3.05, 3.63) is 0 Å². The zero-order valence-electron chi connectivity index (χ0n) is 13.4. The van der Waals surface area contributed by atoms with Gasteiger partial charge in [0.25, 0.3) is 0 Å². The highest BCUT2D eigenvalue weighted by molar-refractivity contribution is 8.03. The molecular weight excluding hydrogens is 372 g/mol. The van der Waals surface area contributed by atoms with Crippen molar-refractivity contribution >= 4 is 41.2 Å². The van der Waals surface area contributed by atoms with Gasteiger partial charge >= 0.3 is 20.8 Å². The van der Waals surface area contributed by atoms with Crippen LogP contribution in [0.5, 0.6) is 0 Å². The highest BCUT2D eigenvalue weighted by Crippen LogP contribution is 2.16. The molecule has 12 heteroatoms. The quantitative estimate of drug-likeness (QED) is 0.279. The minimum absolute atomic E-state index is 0.0108. The molecule has 0 heterocycles. The van der Waals surface area contributed by atoms with Crippen molar-refractivity contribution in [2.24, 2.45) is 0 Å². The third kappa shape index (κ3) is 13.9. The Hall–Kier alpha value is 0.307. The fourth-order valence-electron chi connectivity index (χ4n) is 1.00. The molecule has 22 heavy (non-hydrogen) atoms. The van der Waals surface area contributed by atoms with Crippen molar-refractivity contribution in [3.8, 4) is 0 Å². The van der Waals surface area contributed by atoms with Crippen LogP contribution in [-0.2, 0) is 36.7 Å². The van der Waals surface area contributed by atoms with Crippen LogP contribution in [0.1, 0.15) is 26.7 Å².